The van der Waals surface area contributed by atoms with Gasteiger partial charge in [-0.3, -0.25) is 14.5 Å². The molecule has 1 aliphatic rings. The number of nitrogens with zero attached hydrogens (tertiary/aromatic N) is 3. The number of carbonyl (C=O) groups excluding carboxylic acids is 4. The summed E-state index contributed by atoms with van der Waals surface area (Å²) in [7, 11) is 5.55. The zero-order valence-corrected chi connectivity index (χ0v) is 18.3. The van der Waals surface area contributed by atoms with Crippen LogP contribution in [0, 0.1) is 0 Å². The smallest absolute Gasteiger partial charge is 0.338 e. The van der Waals surface area contributed by atoms with Crippen LogP contribution in [0.15, 0.2) is 48.5 Å². The fourth-order valence-electron chi connectivity index (χ4n) is 3.22. The van der Waals surface area contributed by atoms with E-state index in [1.54, 1.807) is 25.2 Å². The van der Waals surface area contributed by atoms with E-state index in [0.29, 0.717) is 12.1 Å². The third-order valence-electron chi connectivity index (χ3n) is 5.13. The number of benzene rings is 2. The van der Waals surface area contributed by atoms with Gasteiger partial charge in [0.2, 0.25) is 5.91 Å². The van der Waals surface area contributed by atoms with Gasteiger partial charge in [-0.25, -0.2) is 9.59 Å². The minimum Gasteiger partial charge on any atom is -0.452 e. The highest BCUT2D eigenvalue weighted by molar-refractivity contribution is 6.02. The lowest BCUT2D eigenvalue weighted by Gasteiger charge is -2.19. The Hall–Kier alpha value is -3.88. The van der Waals surface area contributed by atoms with Crippen molar-refractivity contribution in [2.75, 3.05) is 39.2 Å². The number of carbonyl (C=O) groups is 4. The van der Waals surface area contributed by atoms with Gasteiger partial charge < -0.3 is 19.9 Å². The summed E-state index contributed by atoms with van der Waals surface area (Å²) in [6.07, 6.45) is 0. The maximum Gasteiger partial charge on any atom is 0.338 e. The predicted octanol–water partition coefficient (Wildman–Crippen LogP) is 1.62. The molecule has 168 valence electrons. The Kier molecular flexibility index (Phi) is 7.09. The van der Waals surface area contributed by atoms with Crippen LogP contribution in [-0.2, 0) is 27.4 Å². The summed E-state index contributed by atoms with van der Waals surface area (Å²) in [6.45, 7) is -0.146. The molecule has 0 aromatic heterocycles. The second-order valence-corrected chi connectivity index (χ2v) is 7.68. The van der Waals surface area contributed by atoms with Crippen molar-refractivity contribution in [2.24, 2.45) is 0 Å². The summed E-state index contributed by atoms with van der Waals surface area (Å²) in [5.74, 6) is -1.40. The van der Waals surface area contributed by atoms with Crippen molar-refractivity contribution in [1.29, 1.82) is 0 Å². The lowest BCUT2D eigenvalue weighted by atomic mass is 10.1. The average Bonchev–Trinajstić information content (AvgIpc) is 3.10. The van der Waals surface area contributed by atoms with Crippen LogP contribution in [0.25, 0.3) is 0 Å². The van der Waals surface area contributed by atoms with E-state index in [-0.39, 0.29) is 30.5 Å². The first kappa shape index (κ1) is 22.8. The van der Waals surface area contributed by atoms with Gasteiger partial charge in [0.25, 0.3) is 5.91 Å². The van der Waals surface area contributed by atoms with E-state index >= 15 is 0 Å². The molecule has 4 amide bonds. The molecule has 0 radical (unpaired) electrons. The highest BCUT2D eigenvalue weighted by Gasteiger charge is 2.29. The Bertz CT molecular complexity index is 1000. The second kappa shape index (κ2) is 9.95. The zero-order valence-electron chi connectivity index (χ0n) is 18.3. The van der Waals surface area contributed by atoms with Crippen LogP contribution >= 0.6 is 0 Å². The van der Waals surface area contributed by atoms with Crippen LogP contribution in [0.4, 0.5) is 10.5 Å². The van der Waals surface area contributed by atoms with E-state index in [4.69, 9.17) is 4.74 Å². The van der Waals surface area contributed by atoms with Crippen molar-refractivity contribution in [2.45, 2.75) is 13.1 Å². The molecular weight excluding hydrogens is 412 g/mol. The molecule has 1 fully saturated rings. The van der Waals surface area contributed by atoms with Crippen LogP contribution in [0.2, 0.25) is 0 Å². The summed E-state index contributed by atoms with van der Waals surface area (Å²) >= 11 is 0. The van der Waals surface area contributed by atoms with Gasteiger partial charge in [0.1, 0.15) is 0 Å². The SMILES string of the molecule is CN(Cc1ccc(N(C)C)cc1)C(=O)COC(=O)c1ccccc1CN1C(=O)CNC1=O. The molecule has 1 heterocycles. The lowest BCUT2D eigenvalue weighted by Crippen LogP contribution is -2.32. The Labute approximate surface area is 186 Å². The predicted molar refractivity (Wildman–Crippen MR) is 118 cm³/mol. The number of ether oxygens (including phenoxy) is 1. The van der Waals surface area contributed by atoms with Gasteiger partial charge in [0, 0.05) is 33.4 Å². The molecule has 0 bridgehead atoms. The largest absolute Gasteiger partial charge is 0.452 e. The number of anilines is 1. The van der Waals surface area contributed by atoms with Gasteiger partial charge in [-0.15, -0.1) is 0 Å². The molecule has 1 N–H and O–H groups in total. The summed E-state index contributed by atoms with van der Waals surface area (Å²) in [5.41, 5.74) is 2.68. The first-order chi connectivity index (χ1) is 15.3. The number of urea groups is 1. The molecule has 32 heavy (non-hydrogen) atoms. The summed E-state index contributed by atoms with van der Waals surface area (Å²) in [4.78, 5) is 53.2. The van der Waals surface area contributed by atoms with Gasteiger partial charge in [-0.05, 0) is 29.3 Å². The van der Waals surface area contributed by atoms with E-state index < -0.39 is 18.6 Å². The topological polar surface area (TPSA) is 99.3 Å². The summed E-state index contributed by atoms with van der Waals surface area (Å²) < 4.78 is 5.22. The molecule has 0 aliphatic carbocycles. The monoisotopic (exact) mass is 438 g/mol. The number of hydrogen-bond donors (Lipinski definition) is 1. The standard InChI is InChI=1S/C23H26N4O5/c1-25(2)18-10-8-16(9-11-18)13-26(3)21(29)15-32-22(30)19-7-5-4-6-17(19)14-27-20(28)12-24-23(27)31/h4-11H,12-15H2,1-3H3,(H,24,31). The number of imide groups is 1. The summed E-state index contributed by atoms with van der Waals surface area (Å²) in [6, 6.07) is 13.8. The van der Waals surface area contributed by atoms with Crippen molar-refractivity contribution < 1.29 is 23.9 Å². The van der Waals surface area contributed by atoms with Crippen LogP contribution in [0.3, 0.4) is 0 Å². The normalized spacial score (nSPS) is 13.0. The number of hydrogen-bond acceptors (Lipinski definition) is 6. The number of likely N-dealkylation sites (N-methyl/N-ethyl adjacent to an activating group) is 1. The maximum atomic E-state index is 12.6. The van der Waals surface area contributed by atoms with E-state index in [2.05, 4.69) is 5.32 Å². The molecule has 2 aromatic carbocycles. The molecule has 3 rings (SSSR count). The van der Waals surface area contributed by atoms with Gasteiger partial charge in [0.05, 0.1) is 18.7 Å². The lowest BCUT2D eigenvalue weighted by molar-refractivity contribution is -0.133. The number of amides is 4. The Balaban J connectivity index is 1.57. The molecule has 0 unspecified atom stereocenters. The molecule has 1 saturated heterocycles. The first-order valence-corrected chi connectivity index (χ1v) is 10.1. The molecule has 2 aromatic rings. The minimum atomic E-state index is -0.690. The number of esters is 1. The minimum absolute atomic E-state index is 0.0489. The van der Waals surface area contributed by atoms with Gasteiger partial charge in [-0.1, -0.05) is 30.3 Å². The number of nitrogens with one attached hydrogen (secondary N) is 1. The summed E-state index contributed by atoms with van der Waals surface area (Å²) in [5, 5.41) is 2.44. The Morgan fingerprint density at radius 1 is 1.03 bits per heavy atom. The Morgan fingerprint density at radius 3 is 2.34 bits per heavy atom. The maximum absolute atomic E-state index is 12.6. The van der Waals surface area contributed by atoms with E-state index in [1.807, 2.05) is 43.3 Å². The van der Waals surface area contributed by atoms with Crippen LogP contribution < -0.4 is 10.2 Å². The second-order valence-electron chi connectivity index (χ2n) is 7.68. The average molecular weight is 438 g/mol. The van der Waals surface area contributed by atoms with Gasteiger partial charge >= 0.3 is 12.0 Å². The van der Waals surface area contributed by atoms with Crippen molar-refractivity contribution in [3.63, 3.8) is 0 Å². The van der Waals surface area contributed by atoms with E-state index in [0.717, 1.165) is 16.2 Å². The third kappa shape index (κ3) is 5.42. The Morgan fingerprint density at radius 2 is 1.72 bits per heavy atom. The highest BCUT2D eigenvalue weighted by Crippen LogP contribution is 2.16. The van der Waals surface area contributed by atoms with Crippen molar-refractivity contribution in [3.05, 3.63) is 65.2 Å². The van der Waals surface area contributed by atoms with Gasteiger partial charge in [0.15, 0.2) is 6.61 Å². The first-order valence-electron chi connectivity index (χ1n) is 10.1. The molecule has 1 aliphatic heterocycles. The van der Waals surface area contributed by atoms with Crippen molar-refractivity contribution in [1.82, 2.24) is 15.1 Å². The molecular formula is C23H26N4O5. The van der Waals surface area contributed by atoms with E-state index in [9.17, 15) is 19.2 Å². The fourth-order valence-corrected chi connectivity index (χ4v) is 3.22. The zero-order chi connectivity index (χ0) is 23.3. The highest BCUT2D eigenvalue weighted by atomic mass is 16.5. The third-order valence-corrected chi connectivity index (χ3v) is 5.13. The quantitative estimate of drug-likeness (QED) is 0.497. The van der Waals surface area contributed by atoms with Crippen molar-refractivity contribution in [3.8, 4) is 0 Å². The molecule has 0 atom stereocenters. The number of rotatable bonds is 8. The van der Waals surface area contributed by atoms with Crippen LogP contribution in [-0.4, -0.2) is 67.9 Å². The molecule has 0 spiro atoms. The van der Waals surface area contributed by atoms with Crippen LogP contribution in [0.1, 0.15) is 21.5 Å². The molecule has 0 saturated carbocycles. The fraction of sp³-hybridized carbons (Fsp3) is 0.304. The van der Waals surface area contributed by atoms with Crippen molar-refractivity contribution >= 4 is 29.5 Å². The molecule has 9 heteroatoms. The van der Waals surface area contributed by atoms with E-state index in [1.165, 1.54) is 11.0 Å². The van der Waals surface area contributed by atoms with Crippen LogP contribution in [0.5, 0.6) is 0 Å². The molecule has 9 nitrogen and oxygen atoms in total. The van der Waals surface area contributed by atoms with Gasteiger partial charge in [-0.2, -0.15) is 0 Å².